The molecule has 5 heteroatoms. The molecule has 0 aliphatic carbocycles. The molecule has 0 aliphatic rings. The monoisotopic (exact) mass is 289 g/mol. The number of aromatic nitrogens is 2. The summed E-state index contributed by atoms with van der Waals surface area (Å²) in [7, 11) is 1.56. The lowest BCUT2D eigenvalue weighted by Crippen LogP contribution is -2.24. The van der Waals surface area contributed by atoms with E-state index >= 15 is 0 Å². The van der Waals surface area contributed by atoms with Crippen LogP contribution in [0.1, 0.15) is 29.8 Å². The van der Waals surface area contributed by atoms with Crippen molar-refractivity contribution in [1.29, 1.82) is 0 Å². The summed E-state index contributed by atoms with van der Waals surface area (Å²) < 4.78 is 19.2. The van der Waals surface area contributed by atoms with Gasteiger partial charge in [0.1, 0.15) is 12.1 Å². The maximum atomic E-state index is 14.1. The molecule has 0 spiro atoms. The zero-order valence-electron chi connectivity index (χ0n) is 12.6. The Kier molecular flexibility index (Phi) is 5.22. The molecule has 2 aromatic rings. The van der Waals surface area contributed by atoms with E-state index in [9.17, 15) is 4.39 Å². The molecular weight excluding hydrogens is 269 g/mol. The fourth-order valence-corrected chi connectivity index (χ4v) is 2.28. The lowest BCUT2D eigenvalue weighted by atomic mass is 9.99. The van der Waals surface area contributed by atoms with Crippen molar-refractivity contribution in [2.45, 2.75) is 26.3 Å². The molecule has 0 aliphatic heterocycles. The molecule has 1 heterocycles. The fraction of sp³-hybridized carbons (Fsp3) is 0.375. The van der Waals surface area contributed by atoms with Crippen molar-refractivity contribution in [2.24, 2.45) is 0 Å². The standard InChI is InChI=1S/C16H20FN3O/c1-4-18-15(13-7-11(2)5-6-14(13)17)8-12-9-16(21-3)20-10-19-12/h5-7,9-10,15,18H,4,8H2,1-3H3. The van der Waals surface area contributed by atoms with Crippen molar-refractivity contribution in [3.05, 3.63) is 53.2 Å². The normalized spacial score (nSPS) is 12.2. The van der Waals surface area contributed by atoms with Gasteiger partial charge in [-0.1, -0.05) is 24.6 Å². The summed E-state index contributed by atoms with van der Waals surface area (Å²) in [5.74, 6) is 0.313. The van der Waals surface area contributed by atoms with Gasteiger partial charge in [0, 0.05) is 29.8 Å². The summed E-state index contributed by atoms with van der Waals surface area (Å²) in [4.78, 5) is 8.22. The predicted octanol–water partition coefficient (Wildman–Crippen LogP) is 2.83. The van der Waals surface area contributed by atoms with Crippen LogP contribution >= 0.6 is 0 Å². The van der Waals surface area contributed by atoms with Gasteiger partial charge in [-0.05, 0) is 19.5 Å². The maximum absolute atomic E-state index is 14.1. The Hall–Kier alpha value is -2.01. The van der Waals surface area contributed by atoms with E-state index in [0.29, 0.717) is 17.9 Å². The van der Waals surface area contributed by atoms with E-state index in [2.05, 4.69) is 15.3 Å². The second-order valence-electron chi connectivity index (χ2n) is 4.89. The number of rotatable bonds is 6. The van der Waals surface area contributed by atoms with Gasteiger partial charge in [-0.25, -0.2) is 14.4 Å². The van der Waals surface area contributed by atoms with Crippen LogP contribution in [0.2, 0.25) is 0 Å². The van der Waals surface area contributed by atoms with Crippen LogP contribution in [0.4, 0.5) is 4.39 Å². The molecule has 0 amide bonds. The van der Waals surface area contributed by atoms with Crippen LogP contribution in [0.3, 0.4) is 0 Å². The lowest BCUT2D eigenvalue weighted by molar-refractivity contribution is 0.395. The predicted molar refractivity (Wildman–Crippen MR) is 79.8 cm³/mol. The number of aryl methyl sites for hydroxylation is 1. The summed E-state index contributed by atoms with van der Waals surface area (Å²) in [6, 6.07) is 6.80. The van der Waals surface area contributed by atoms with E-state index in [1.165, 1.54) is 12.4 Å². The van der Waals surface area contributed by atoms with Gasteiger partial charge in [-0.2, -0.15) is 0 Å². The van der Waals surface area contributed by atoms with Crippen LogP contribution < -0.4 is 10.1 Å². The Balaban J connectivity index is 2.28. The number of benzene rings is 1. The Morgan fingerprint density at radius 1 is 1.29 bits per heavy atom. The zero-order valence-corrected chi connectivity index (χ0v) is 12.6. The number of nitrogens with zero attached hydrogens (tertiary/aromatic N) is 2. The first-order valence-electron chi connectivity index (χ1n) is 6.98. The second kappa shape index (κ2) is 7.13. The Morgan fingerprint density at radius 3 is 2.81 bits per heavy atom. The van der Waals surface area contributed by atoms with Crippen molar-refractivity contribution in [3.63, 3.8) is 0 Å². The molecule has 0 bridgehead atoms. The highest BCUT2D eigenvalue weighted by Crippen LogP contribution is 2.22. The maximum Gasteiger partial charge on any atom is 0.216 e. The first kappa shape index (κ1) is 15.4. The van der Waals surface area contributed by atoms with Gasteiger partial charge in [0.25, 0.3) is 0 Å². The first-order valence-corrected chi connectivity index (χ1v) is 6.98. The molecule has 2 rings (SSSR count). The van der Waals surface area contributed by atoms with Gasteiger partial charge in [0.05, 0.1) is 7.11 Å². The van der Waals surface area contributed by atoms with Gasteiger partial charge in [-0.15, -0.1) is 0 Å². The van der Waals surface area contributed by atoms with Gasteiger partial charge >= 0.3 is 0 Å². The highest BCUT2D eigenvalue weighted by atomic mass is 19.1. The number of likely N-dealkylation sites (N-methyl/N-ethyl adjacent to an activating group) is 1. The van der Waals surface area contributed by atoms with Crippen molar-refractivity contribution >= 4 is 0 Å². The van der Waals surface area contributed by atoms with E-state index in [4.69, 9.17) is 4.74 Å². The van der Waals surface area contributed by atoms with Crippen LogP contribution in [-0.4, -0.2) is 23.6 Å². The number of ether oxygens (including phenoxy) is 1. The Morgan fingerprint density at radius 2 is 2.10 bits per heavy atom. The number of halogens is 1. The first-order chi connectivity index (χ1) is 10.1. The summed E-state index contributed by atoms with van der Waals surface area (Å²) >= 11 is 0. The summed E-state index contributed by atoms with van der Waals surface area (Å²) in [6.45, 7) is 4.71. The molecule has 1 aromatic carbocycles. The molecule has 0 radical (unpaired) electrons. The minimum atomic E-state index is -0.201. The van der Waals surface area contributed by atoms with Crippen LogP contribution in [0.25, 0.3) is 0 Å². The molecule has 0 saturated carbocycles. The van der Waals surface area contributed by atoms with Crippen molar-refractivity contribution in [1.82, 2.24) is 15.3 Å². The van der Waals surface area contributed by atoms with E-state index in [0.717, 1.165) is 17.8 Å². The largest absolute Gasteiger partial charge is 0.481 e. The third kappa shape index (κ3) is 3.98. The quantitative estimate of drug-likeness (QED) is 0.888. The summed E-state index contributed by atoms with van der Waals surface area (Å²) in [6.07, 6.45) is 2.04. The van der Waals surface area contributed by atoms with Crippen LogP contribution in [0, 0.1) is 12.7 Å². The number of methoxy groups -OCH3 is 1. The zero-order chi connectivity index (χ0) is 15.2. The van der Waals surface area contributed by atoms with Crippen LogP contribution in [0.5, 0.6) is 5.88 Å². The van der Waals surface area contributed by atoms with Gasteiger partial charge in [0.2, 0.25) is 5.88 Å². The van der Waals surface area contributed by atoms with E-state index in [1.54, 1.807) is 19.2 Å². The number of hydrogen-bond donors (Lipinski definition) is 1. The smallest absolute Gasteiger partial charge is 0.216 e. The third-order valence-corrected chi connectivity index (χ3v) is 3.30. The Bertz CT molecular complexity index is 604. The summed E-state index contributed by atoms with van der Waals surface area (Å²) in [5.41, 5.74) is 2.51. The topological polar surface area (TPSA) is 47.0 Å². The highest BCUT2D eigenvalue weighted by molar-refractivity contribution is 5.28. The summed E-state index contributed by atoms with van der Waals surface area (Å²) in [5, 5.41) is 3.31. The van der Waals surface area contributed by atoms with Gasteiger partial charge in [-0.3, -0.25) is 0 Å². The molecule has 112 valence electrons. The Labute approximate surface area is 124 Å². The minimum absolute atomic E-state index is 0.130. The number of hydrogen-bond acceptors (Lipinski definition) is 4. The van der Waals surface area contributed by atoms with Crippen LogP contribution in [-0.2, 0) is 6.42 Å². The molecule has 1 unspecified atom stereocenters. The highest BCUT2D eigenvalue weighted by Gasteiger charge is 2.16. The van der Waals surface area contributed by atoms with E-state index in [1.807, 2.05) is 19.9 Å². The molecule has 1 atom stereocenters. The average Bonchev–Trinajstić information content (AvgIpc) is 2.49. The van der Waals surface area contributed by atoms with E-state index in [-0.39, 0.29) is 11.9 Å². The SMILES string of the molecule is CCNC(Cc1cc(OC)ncn1)c1cc(C)ccc1F. The molecular formula is C16H20FN3O. The van der Waals surface area contributed by atoms with Crippen molar-refractivity contribution in [3.8, 4) is 5.88 Å². The molecule has 21 heavy (non-hydrogen) atoms. The lowest BCUT2D eigenvalue weighted by Gasteiger charge is -2.19. The van der Waals surface area contributed by atoms with Crippen molar-refractivity contribution in [2.75, 3.05) is 13.7 Å². The third-order valence-electron chi connectivity index (χ3n) is 3.30. The molecule has 0 fully saturated rings. The minimum Gasteiger partial charge on any atom is -0.481 e. The molecule has 1 N–H and O–H groups in total. The van der Waals surface area contributed by atoms with Crippen LogP contribution in [0.15, 0.2) is 30.6 Å². The average molecular weight is 289 g/mol. The van der Waals surface area contributed by atoms with Gasteiger partial charge in [0.15, 0.2) is 0 Å². The number of nitrogens with one attached hydrogen (secondary N) is 1. The van der Waals surface area contributed by atoms with Gasteiger partial charge < -0.3 is 10.1 Å². The second-order valence-corrected chi connectivity index (χ2v) is 4.89. The molecule has 1 aromatic heterocycles. The fourth-order valence-electron chi connectivity index (χ4n) is 2.28. The van der Waals surface area contributed by atoms with E-state index < -0.39 is 0 Å². The molecule has 4 nitrogen and oxygen atoms in total. The van der Waals surface area contributed by atoms with Crippen molar-refractivity contribution < 1.29 is 9.13 Å². The molecule has 0 saturated heterocycles.